The van der Waals surface area contributed by atoms with Gasteiger partial charge >= 0.3 is 0 Å². The van der Waals surface area contributed by atoms with E-state index in [1.807, 2.05) is 25.1 Å². The van der Waals surface area contributed by atoms with Crippen LogP contribution in [0, 0.1) is 5.92 Å². The highest BCUT2D eigenvalue weighted by Gasteiger charge is 2.10. The molecule has 0 amide bonds. The van der Waals surface area contributed by atoms with Crippen LogP contribution in [0.5, 0.6) is 5.75 Å². The Hall–Kier alpha value is -1.38. The monoisotopic (exact) mass is 222 g/mol. The molecule has 0 aromatic heterocycles. The zero-order chi connectivity index (χ0) is 12.1. The van der Waals surface area contributed by atoms with Crippen LogP contribution in [-0.2, 0) is 0 Å². The summed E-state index contributed by atoms with van der Waals surface area (Å²) in [5.74, 6) is 1.38. The number of nitrogens with zero attached hydrogens (tertiary/aromatic N) is 1. The van der Waals surface area contributed by atoms with E-state index >= 15 is 0 Å². The van der Waals surface area contributed by atoms with Crippen LogP contribution in [0.25, 0.3) is 0 Å². The molecule has 1 aromatic carbocycles. The molecule has 1 aromatic rings. The van der Waals surface area contributed by atoms with Crippen molar-refractivity contribution in [3.63, 3.8) is 0 Å². The standard InChI is InChI=1S/C13H22N2O/c1-5-16-12-8-6-7-11(13(12)14)15(4)9-10(2)3/h6-8,10H,5,9,14H2,1-4H3. The van der Waals surface area contributed by atoms with Gasteiger partial charge in [0.15, 0.2) is 0 Å². The van der Waals surface area contributed by atoms with Crippen molar-refractivity contribution in [2.45, 2.75) is 20.8 Å². The predicted molar refractivity (Wildman–Crippen MR) is 70.1 cm³/mol. The first-order valence-corrected chi connectivity index (χ1v) is 5.78. The van der Waals surface area contributed by atoms with Gasteiger partial charge in [-0.15, -0.1) is 0 Å². The number of ether oxygens (including phenoxy) is 1. The highest BCUT2D eigenvalue weighted by Crippen LogP contribution is 2.31. The molecule has 0 saturated carbocycles. The maximum absolute atomic E-state index is 6.08. The van der Waals surface area contributed by atoms with E-state index in [1.54, 1.807) is 0 Å². The summed E-state index contributed by atoms with van der Waals surface area (Å²) in [6, 6.07) is 5.92. The van der Waals surface area contributed by atoms with E-state index in [0.717, 1.165) is 23.7 Å². The van der Waals surface area contributed by atoms with Crippen LogP contribution in [0.15, 0.2) is 18.2 Å². The lowest BCUT2D eigenvalue weighted by atomic mass is 10.2. The molecule has 2 N–H and O–H groups in total. The Kier molecular flexibility index (Phi) is 4.47. The number of hydrogen-bond donors (Lipinski definition) is 1. The van der Waals surface area contributed by atoms with Crippen molar-refractivity contribution in [3.05, 3.63) is 18.2 Å². The lowest BCUT2D eigenvalue weighted by Crippen LogP contribution is -2.23. The van der Waals surface area contributed by atoms with Gasteiger partial charge in [0.2, 0.25) is 0 Å². The molecule has 16 heavy (non-hydrogen) atoms. The molecule has 0 aliphatic carbocycles. The number of hydrogen-bond acceptors (Lipinski definition) is 3. The maximum Gasteiger partial charge on any atom is 0.144 e. The van der Waals surface area contributed by atoms with E-state index in [4.69, 9.17) is 10.5 Å². The molecular weight excluding hydrogens is 200 g/mol. The van der Waals surface area contributed by atoms with E-state index in [-0.39, 0.29) is 0 Å². The van der Waals surface area contributed by atoms with Gasteiger partial charge < -0.3 is 15.4 Å². The van der Waals surface area contributed by atoms with Gasteiger partial charge in [-0.3, -0.25) is 0 Å². The summed E-state index contributed by atoms with van der Waals surface area (Å²) >= 11 is 0. The average molecular weight is 222 g/mol. The zero-order valence-electron chi connectivity index (χ0n) is 10.7. The summed E-state index contributed by atoms with van der Waals surface area (Å²) in [4.78, 5) is 2.17. The molecule has 0 spiro atoms. The zero-order valence-corrected chi connectivity index (χ0v) is 10.7. The Balaban J connectivity index is 2.91. The molecule has 0 aliphatic heterocycles. The van der Waals surface area contributed by atoms with Gasteiger partial charge in [-0.2, -0.15) is 0 Å². The molecule has 0 unspecified atom stereocenters. The lowest BCUT2D eigenvalue weighted by Gasteiger charge is -2.24. The van der Waals surface area contributed by atoms with Crippen molar-refractivity contribution in [2.75, 3.05) is 30.8 Å². The average Bonchev–Trinajstić information content (AvgIpc) is 2.20. The Morgan fingerprint density at radius 3 is 2.62 bits per heavy atom. The van der Waals surface area contributed by atoms with Gasteiger partial charge in [0.05, 0.1) is 18.0 Å². The molecule has 0 radical (unpaired) electrons. The summed E-state index contributed by atoms with van der Waals surface area (Å²) in [5, 5.41) is 0. The maximum atomic E-state index is 6.08. The molecule has 3 nitrogen and oxygen atoms in total. The number of benzene rings is 1. The summed E-state index contributed by atoms with van der Waals surface area (Å²) in [7, 11) is 2.06. The fourth-order valence-electron chi connectivity index (χ4n) is 1.79. The third-order valence-electron chi connectivity index (χ3n) is 2.39. The molecule has 1 rings (SSSR count). The second-order valence-corrected chi connectivity index (χ2v) is 4.40. The fourth-order valence-corrected chi connectivity index (χ4v) is 1.79. The van der Waals surface area contributed by atoms with Crippen LogP contribution in [0.4, 0.5) is 11.4 Å². The minimum atomic E-state index is 0.611. The topological polar surface area (TPSA) is 38.5 Å². The molecule has 0 fully saturated rings. The van der Waals surface area contributed by atoms with Gasteiger partial charge in [0.25, 0.3) is 0 Å². The second kappa shape index (κ2) is 5.64. The summed E-state index contributed by atoms with van der Waals surface area (Å²) in [5.41, 5.74) is 7.85. The SMILES string of the molecule is CCOc1cccc(N(C)CC(C)C)c1N. The molecule has 3 heteroatoms. The highest BCUT2D eigenvalue weighted by atomic mass is 16.5. The minimum Gasteiger partial charge on any atom is -0.492 e. The van der Waals surface area contributed by atoms with Crippen LogP contribution < -0.4 is 15.4 Å². The number of para-hydroxylation sites is 1. The third-order valence-corrected chi connectivity index (χ3v) is 2.39. The van der Waals surface area contributed by atoms with E-state index in [2.05, 4.69) is 25.8 Å². The smallest absolute Gasteiger partial charge is 0.144 e. The number of nitrogen functional groups attached to an aromatic ring is 1. The van der Waals surface area contributed by atoms with Crippen molar-refractivity contribution in [1.29, 1.82) is 0 Å². The lowest BCUT2D eigenvalue weighted by molar-refractivity contribution is 0.342. The first-order valence-electron chi connectivity index (χ1n) is 5.78. The van der Waals surface area contributed by atoms with Crippen LogP contribution in [0.1, 0.15) is 20.8 Å². The molecule has 90 valence electrons. The molecule has 0 bridgehead atoms. The van der Waals surface area contributed by atoms with E-state index < -0.39 is 0 Å². The Bertz CT molecular complexity index is 337. The van der Waals surface area contributed by atoms with Crippen LogP contribution in [-0.4, -0.2) is 20.2 Å². The predicted octanol–water partition coefficient (Wildman–Crippen LogP) is 2.76. The highest BCUT2D eigenvalue weighted by molar-refractivity contribution is 5.73. The van der Waals surface area contributed by atoms with E-state index in [9.17, 15) is 0 Å². The molecule has 0 aliphatic rings. The largest absolute Gasteiger partial charge is 0.492 e. The second-order valence-electron chi connectivity index (χ2n) is 4.40. The van der Waals surface area contributed by atoms with Crippen LogP contribution in [0.3, 0.4) is 0 Å². The first kappa shape index (κ1) is 12.7. The van der Waals surface area contributed by atoms with Crippen LogP contribution >= 0.6 is 0 Å². The van der Waals surface area contributed by atoms with Crippen molar-refractivity contribution >= 4 is 11.4 Å². The van der Waals surface area contributed by atoms with Crippen LogP contribution in [0.2, 0.25) is 0 Å². The van der Waals surface area contributed by atoms with Gasteiger partial charge in [0.1, 0.15) is 5.75 Å². The Morgan fingerprint density at radius 1 is 1.38 bits per heavy atom. The van der Waals surface area contributed by atoms with Gasteiger partial charge in [0, 0.05) is 13.6 Å². The van der Waals surface area contributed by atoms with Gasteiger partial charge in [-0.05, 0) is 25.0 Å². The Labute approximate surface area is 98.2 Å². The first-order chi connectivity index (χ1) is 7.56. The number of rotatable bonds is 5. The fraction of sp³-hybridized carbons (Fsp3) is 0.538. The Morgan fingerprint density at radius 2 is 2.06 bits per heavy atom. The molecular formula is C13H22N2O. The van der Waals surface area contributed by atoms with Gasteiger partial charge in [-0.1, -0.05) is 19.9 Å². The summed E-state index contributed by atoms with van der Waals surface area (Å²) in [6.45, 7) is 7.98. The van der Waals surface area contributed by atoms with Crippen molar-refractivity contribution < 1.29 is 4.74 Å². The van der Waals surface area contributed by atoms with E-state index in [1.165, 1.54) is 0 Å². The van der Waals surface area contributed by atoms with Crippen molar-refractivity contribution in [2.24, 2.45) is 5.92 Å². The quantitative estimate of drug-likeness (QED) is 0.778. The minimum absolute atomic E-state index is 0.611. The number of nitrogens with two attached hydrogens (primary N) is 1. The summed E-state index contributed by atoms with van der Waals surface area (Å²) < 4.78 is 5.48. The van der Waals surface area contributed by atoms with E-state index in [0.29, 0.717) is 12.5 Å². The van der Waals surface area contributed by atoms with Crippen molar-refractivity contribution in [3.8, 4) is 5.75 Å². The normalized spacial score (nSPS) is 10.6. The number of anilines is 2. The molecule has 0 saturated heterocycles. The third kappa shape index (κ3) is 3.05. The molecule has 0 heterocycles. The van der Waals surface area contributed by atoms with Crippen molar-refractivity contribution in [1.82, 2.24) is 0 Å². The molecule has 0 atom stereocenters. The van der Waals surface area contributed by atoms with Gasteiger partial charge in [-0.25, -0.2) is 0 Å². The summed E-state index contributed by atoms with van der Waals surface area (Å²) in [6.07, 6.45) is 0.